The number of nitrogens with one attached hydrogen (secondary N) is 2. The molecule has 0 aliphatic carbocycles. The highest BCUT2D eigenvalue weighted by Gasteiger charge is 2.11. The van der Waals surface area contributed by atoms with Gasteiger partial charge in [-0.05, 0) is 24.6 Å². The third-order valence-electron chi connectivity index (χ3n) is 2.90. The second-order valence-electron chi connectivity index (χ2n) is 4.63. The number of carbonyl (C=O) groups is 1. The van der Waals surface area contributed by atoms with Crippen molar-refractivity contribution in [2.75, 3.05) is 26.9 Å². The Hall–Kier alpha value is -1.85. The molecule has 0 aromatic heterocycles. The highest BCUT2D eigenvalue weighted by molar-refractivity contribution is 5.81. The van der Waals surface area contributed by atoms with Gasteiger partial charge < -0.3 is 20.1 Å². The van der Waals surface area contributed by atoms with Crippen LogP contribution < -0.4 is 15.4 Å². The minimum absolute atomic E-state index is 0.0296. The maximum absolute atomic E-state index is 11.8. The van der Waals surface area contributed by atoms with Crippen LogP contribution in [0.5, 0.6) is 5.75 Å². The highest BCUT2D eigenvalue weighted by atomic mass is 16.5. The number of hydrogen-bond acceptors (Lipinski definition) is 4. The number of hydrogen-bond donors (Lipinski definition) is 2. The zero-order chi connectivity index (χ0) is 15.5. The minimum Gasteiger partial charge on any atom is -0.490 e. The summed E-state index contributed by atoms with van der Waals surface area (Å²) in [4.78, 5) is 11.8. The Labute approximate surface area is 126 Å². The summed E-state index contributed by atoms with van der Waals surface area (Å²) in [6.07, 6.45) is 1.71. The molecule has 1 aromatic rings. The SMILES string of the molecule is C=CCOc1ccc(CNC(C)C(=O)NCCOC)cc1. The van der Waals surface area contributed by atoms with Crippen LogP contribution in [-0.4, -0.2) is 38.8 Å². The highest BCUT2D eigenvalue weighted by Crippen LogP contribution is 2.12. The molecule has 1 atom stereocenters. The molecule has 0 saturated heterocycles. The lowest BCUT2D eigenvalue weighted by Crippen LogP contribution is -2.42. The average Bonchev–Trinajstić information content (AvgIpc) is 2.51. The molecule has 1 rings (SSSR count). The monoisotopic (exact) mass is 292 g/mol. The topological polar surface area (TPSA) is 59.6 Å². The zero-order valence-corrected chi connectivity index (χ0v) is 12.7. The molecule has 0 bridgehead atoms. The summed E-state index contributed by atoms with van der Waals surface area (Å²) in [6, 6.07) is 7.51. The molecule has 0 heterocycles. The van der Waals surface area contributed by atoms with Crippen LogP contribution in [0.3, 0.4) is 0 Å². The van der Waals surface area contributed by atoms with E-state index < -0.39 is 0 Å². The zero-order valence-electron chi connectivity index (χ0n) is 12.7. The number of ether oxygens (including phenoxy) is 2. The standard InChI is InChI=1S/C16H24N2O3/c1-4-10-21-15-7-5-14(6-8-15)12-18-13(2)16(19)17-9-11-20-3/h4-8,13,18H,1,9-12H2,2-3H3,(H,17,19). The fourth-order valence-electron chi connectivity index (χ4n) is 1.65. The minimum atomic E-state index is -0.251. The number of amides is 1. The molecule has 21 heavy (non-hydrogen) atoms. The van der Waals surface area contributed by atoms with Gasteiger partial charge >= 0.3 is 0 Å². The number of carbonyl (C=O) groups excluding carboxylic acids is 1. The van der Waals surface area contributed by atoms with E-state index in [0.29, 0.717) is 26.3 Å². The van der Waals surface area contributed by atoms with Crippen LogP contribution in [-0.2, 0) is 16.1 Å². The summed E-state index contributed by atoms with van der Waals surface area (Å²) in [7, 11) is 1.61. The Morgan fingerprint density at radius 1 is 1.38 bits per heavy atom. The van der Waals surface area contributed by atoms with E-state index in [0.717, 1.165) is 11.3 Å². The fraction of sp³-hybridized carbons (Fsp3) is 0.438. The summed E-state index contributed by atoms with van der Waals surface area (Å²) in [5.41, 5.74) is 1.09. The number of benzene rings is 1. The van der Waals surface area contributed by atoms with Gasteiger partial charge in [-0.15, -0.1) is 0 Å². The molecule has 0 spiro atoms. The predicted octanol–water partition coefficient (Wildman–Crippen LogP) is 1.49. The van der Waals surface area contributed by atoms with Crippen LogP contribution in [0.25, 0.3) is 0 Å². The quantitative estimate of drug-likeness (QED) is 0.507. The van der Waals surface area contributed by atoms with Gasteiger partial charge in [-0.1, -0.05) is 24.8 Å². The van der Waals surface area contributed by atoms with Gasteiger partial charge in [0.15, 0.2) is 0 Å². The van der Waals surface area contributed by atoms with E-state index in [2.05, 4.69) is 17.2 Å². The fourth-order valence-corrected chi connectivity index (χ4v) is 1.65. The van der Waals surface area contributed by atoms with Crippen LogP contribution in [0.1, 0.15) is 12.5 Å². The molecule has 1 amide bonds. The second-order valence-corrected chi connectivity index (χ2v) is 4.63. The molecule has 1 unspecified atom stereocenters. The molecule has 2 N–H and O–H groups in total. The molecule has 0 aliphatic rings. The van der Waals surface area contributed by atoms with Crippen molar-refractivity contribution >= 4 is 5.91 Å². The van der Waals surface area contributed by atoms with Gasteiger partial charge in [-0.2, -0.15) is 0 Å². The van der Waals surface area contributed by atoms with Crippen molar-refractivity contribution in [1.29, 1.82) is 0 Å². The van der Waals surface area contributed by atoms with Gasteiger partial charge in [-0.3, -0.25) is 4.79 Å². The van der Waals surface area contributed by atoms with Crippen molar-refractivity contribution < 1.29 is 14.3 Å². The Morgan fingerprint density at radius 2 is 2.10 bits per heavy atom. The van der Waals surface area contributed by atoms with Crippen LogP contribution in [0, 0.1) is 0 Å². The van der Waals surface area contributed by atoms with E-state index in [4.69, 9.17) is 9.47 Å². The average molecular weight is 292 g/mol. The summed E-state index contributed by atoms with van der Waals surface area (Å²) in [5.74, 6) is 0.780. The van der Waals surface area contributed by atoms with Crippen molar-refractivity contribution in [2.45, 2.75) is 19.5 Å². The number of methoxy groups -OCH3 is 1. The first kappa shape index (κ1) is 17.2. The number of rotatable bonds is 10. The molecule has 1 aromatic carbocycles. The van der Waals surface area contributed by atoms with Crippen LogP contribution in [0.2, 0.25) is 0 Å². The molecular formula is C16H24N2O3. The van der Waals surface area contributed by atoms with Crippen molar-refractivity contribution in [2.24, 2.45) is 0 Å². The van der Waals surface area contributed by atoms with E-state index in [1.807, 2.05) is 31.2 Å². The molecule has 0 saturated carbocycles. The normalized spacial score (nSPS) is 11.7. The summed E-state index contributed by atoms with van der Waals surface area (Å²) >= 11 is 0. The molecule has 0 aliphatic heterocycles. The molecule has 0 radical (unpaired) electrons. The smallest absolute Gasteiger partial charge is 0.236 e. The van der Waals surface area contributed by atoms with Gasteiger partial charge in [0.05, 0.1) is 12.6 Å². The van der Waals surface area contributed by atoms with E-state index in [1.54, 1.807) is 13.2 Å². The van der Waals surface area contributed by atoms with Gasteiger partial charge in [0.1, 0.15) is 12.4 Å². The first-order valence-corrected chi connectivity index (χ1v) is 7.00. The Kier molecular flexibility index (Phi) is 8.16. The van der Waals surface area contributed by atoms with Crippen LogP contribution in [0.15, 0.2) is 36.9 Å². The molecule has 0 fully saturated rings. The summed E-state index contributed by atoms with van der Waals surface area (Å²) in [6.45, 7) is 7.61. The molecule has 116 valence electrons. The van der Waals surface area contributed by atoms with Gasteiger partial charge in [0.25, 0.3) is 0 Å². The van der Waals surface area contributed by atoms with Crippen molar-refractivity contribution in [1.82, 2.24) is 10.6 Å². The second kappa shape index (κ2) is 9.96. The van der Waals surface area contributed by atoms with Crippen molar-refractivity contribution in [3.05, 3.63) is 42.5 Å². The lowest BCUT2D eigenvalue weighted by Gasteiger charge is -2.14. The van der Waals surface area contributed by atoms with E-state index in [1.165, 1.54) is 0 Å². The lowest BCUT2D eigenvalue weighted by atomic mass is 10.2. The van der Waals surface area contributed by atoms with Gasteiger partial charge in [0.2, 0.25) is 5.91 Å². The van der Waals surface area contributed by atoms with Crippen molar-refractivity contribution in [3.8, 4) is 5.75 Å². The Bertz CT molecular complexity index is 432. The van der Waals surface area contributed by atoms with E-state index in [-0.39, 0.29) is 11.9 Å². The summed E-state index contributed by atoms with van der Waals surface area (Å²) in [5, 5.41) is 5.97. The third-order valence-corrected chi connectivity index (χ3v) is 2.90. The van der Waals surface area contributed by atoms with Gasteiger partial charge in [0, 0.05) is 20.2 Å². The van der Waals surface area contributed by atoms with E-state index >= 15 is 0 Å². The predicted molar refractivity (Wildman–Crippen MR) is 83.3 cm³/mol. The van der Waals surface area contributed by atoms with Gasteiger partial charge in [-0.25, -0.2) is 0 Å². The third kappa shape index (κ3) is 6.92. The Morgan fingerprint density at radius 3 is 2.71 bits per heavy atom. The largest absolute Gasteiger partial charge is 0.490 e. The first-order valence-electron chi connectivity index (χ1n) is 7.00. The summed E-state index contributed by atoms with van der Waals surface area (Å²) < 4.78 is 10.3. The maximum Gasteiger partial charge on any atom is 0.236 e. The first-order chi connectivity index (χ1) is 10.2. The molecule has 5 heteroatoms. The van der Waals surface area contributed by atoms with Crippen LogP contribution in [0.4, 0.5) is 0 Å². The van der Waals surface area contributed by atoms with Crippen LogP contribution >= 0.6 is 0 Å². The molecule has 5 nitrogen and oxygen atoms in total. The molecular weight excluding hydrogens is 268 g/mol. The maximum atomic E-state index is 11.8. The Balaban J connectivity index is 2.33. The lowest BCUT2D eigenvalue weighted by molar-refractivity contribution is -0.122. The van der Waals surface area contributed by atoms with Crippen molar-refractivity contribution in [3.63, 3.8) is 0 Å². The van der Waals surface area contributed by atoms with E-state index in [9.17, 15) is 4.79 Å².